The van der Waals surface area contributed by atoms with Gasteiger partial charge in [-0.15, -0.1) is 0 Å². The van der Waals surface area contributed by atoms with Crippen LogP contribution in [-0.4, -0.2) is 18.6 Å². The van der Waals surface area contributed by atoms with E-state index in [4.69, 9.17) is 16.1 Å². The minimum atomic E-state index is -3.72. The van der Waals surface area contributed by atoms with Gasteiger partial charge in [0.25, 0.3) is 0 Å². The lowest BCUT2D eigenvalue weighted by atomic mass is 10.2. The van der Waals surface area contributed by atoms with Gasteiger partial charge in [-0.3, -0.25) is 0 Å². The smallest absolute Gasteiger partial charge is 0.244 e. The molecule has 8 heteroatoms. The van der Waals surface area contributed by atoms with Crippen molar-refractivity contribution in [2.24, 2.45) is 0 Å². The van der Waals surface area contributed by atoms with Crippen LogP contribution in [0, 0.1) is 0 Å². The zero-order valence-electron chi connectivity index (χ0n) is 12.7. The van der Waals surface area contributed by atoms with Gasteiger partial charge in [0, 0.05) is 10.6 Å². The molecule has 124 valence electrons. The average Bonchev–Trinajstić information content (AvgIpc) is 3.06. The summed E-state index contributed by atoms with van der Waals surface area (Å²) >= 11 is 5.78. The second-order valence-electron chi connectivity index (χ2n) is 5.12. The first-order valence-corrected chi connectivity index (χ1v) is 8.99. The molecular weight excluding hydrogens is 350 g/mol. The van der Waals surface area contributed by atoms with Gasteiger partial charge < -0.3 is 4.52 Å². The fraction of sp³-hybridized carbons (Fsp3) is 0.125. The molecule has 3 rings (SSSR count). The molecule has 0 fully saturated rings. The third-order valence-electron chi connectivity index (χ3n) is 3.30. The molecule has 0 aliphatic heterocycles. The first-order chi connectivity index (χ1) is 11.5. The van der Waals surface area contributed by atoms with Crippen molar-refractivity contribution in [3.8, 4) is 11.4 Å². The Kier molecular flexibility index (Phi) is 4.66. The molecule has 1 N–H and O–H groups in total. The monoisotopic (exact) mass is 363 g/mol. The van der Waals surface area contributed by atoms with Gasteiger partial charge in [0.05, 0.1) is 10.9 Å². The van der Waals surface area contributed by atoms with Crippen molar-refractivity contribution < 1.29 is 12.9 Å². The topological polar surface area (TPSA) is 85.1 Å². The fourth-order valence-electron chi connectivity index (χ4n) is 2.08. The molecule has 0 unspecified atom stereocenters. The summed E-state index contributed by atoms with van der Waals surface area (Å²) in [5.41, 5.74) is 0.792. The summed E-state index contributed by atoms with van der Waals surface area (Å²) in [6.07, 6.45) is 0. The molecule has 0 spiro atoms. The van der Waals surface area contributed by atoms with Crippen LogP contribution in [0.1, 0.15) is 18.9 Å². The van der Waals surface area contributed by atoms with Gasteiger partial charge in [-0.25, -0.2) is 8.42 Å². The summed E-state index contributed by atoms with van der Waals surface area (Å²) in [7, 11) is -3.72. The van der Waals surface area contributed by atoms with E-state index in [2.05, 4.69) is 14.9 Å². The lowest BCUT2D eigenvalue weighted by Gasteiger charge is -2.10. The van der Waals surface area contributed by atoms with Crippen molar-refractivity contribution in [3.63, 3.8) is 0 Å². The number of nitrogens with one attached hydrogen (secondary N) is 1. The van der Waals surface area contributed by atoms with Gasteiger partial charge in [-0.2, -0.15) is 9.71 Å². The van der Waals surface area contributed by atoms with Crippen molar-refractivity contribution in [2.45, 2.75) is 17.9 Å². The van der Waals surface area contributed by atoms with Crippen molar-refractivity contribution in [2.75, 3.05) is 0 Å². The first-order valence-electron chi connectivity index (χ1n) is 7.12. The Morgan fingerprint density at radius 1 is 1.08 bits per heavy atom. The van der Waals surface area contributed by atoms with Crippen molar-refractivity contribution in [1.82, 2.24) is 14.9 Å². The fourth-order valence-corrected chi connectivity index (χ4v) is 3.40. The molecule has 1 heterocycles. The predicted molar refractivity (Wildman–Crippen MR) is 89.9 cm³/mol. The van der Waals surface area contributed by atoms with Crippen LogP contribution in [0.4, 0.5) is 0 Å². The van der Waals surface area contributed by atoms with Gasteiger partial charge in [0.1, 0.15) is 0 Å². The molecule has 0 radical (unpaired) electrons. The van der Waals surface area contributed by atoms with Gasteiger partial charge in [0.15, 0.2) is 0 Å². The Hall–Kier alpha value is -2.22. The number of halogens is 1. The maximum absolute atomic E-state index is 12.4. The summed E-state index contributed by atoms with van der Waals surface area (Å²) in [5.74, 6) is 0.592. The Bertz CT molecular complexity index is 925. The molecule has 0 amide bonds. The highest BCUT2D eigenvalue weighted by Crippen LogP contribution is 2.20. The zero-order chi connectivity index (χ0) is 17.2. The lowest BCUT2D eigenvalue weighted by molar-refractivity contribution is 0.354. The molecule has 3 aromatic rings. The molecule has 24 heavy (non-hydrogen) atoms. The Morgan fingerprint density at radius 2 is 1.75 bits per heavy atom. The van der Waals surface area contributed by atoms with Crippen LogP contribution in [0.2, 0.25) is 5.02 Å². The Labute approximate surface area is 144 Å². The third-order valence-corrected chi connectivity index (χ3v) is 5.11. The number of sulfonamides is 1. The average molecular weight is 364 g/mol. The largest absolute Gasteiger partial charge is 0.337 e. The predicted octanol–water partition coefficient (Wildman–Crippen LogP) is 3.43. The van der Waals surface area contributed by atoms with E-state index >= 15 is 0 Å². The number of aromatic nitrogens is 2. The van der Waals surface area contributed by atoms with E-state index in [9.17, 15) is 8.42 Å². The number of benzene rings is 2. The van der Waals surface area contributed by atoms with E-state index in [-0.39, 0.29) is 10.8 Å². The summed E-state index contributed by atoms with van der Waals surface area (Å²) in [6.45, 7) is 1.63. The van der Waals surface area contributed by atoms with Crippen LogP contribution in [0.25, 0.3) is 11.4 Å². The minimum absolute atomic E-state index is 0.113. The van der Waals surface area contributed by atoms with Gasteiger partial charge in [-0.1, -0.05) is 47.1 Å². The second kappa shape index (κ2) is 6.72. The zero-order valence-corrected chi connectivity index (χ0v) is 14.3. The van der Waals surface area contributed by atoms with E-state index in [1.807, 2.05) is 30.3 Å². The molecule has 2 aromatic carbocycles. The molecule has 0 aliphatic rings. The first kappa shape index (κ1) is 16.6. The van der Waals surface area contributed by atoms with Crippen molar-refractivity contribution in [1.29, 1.82) is 0 Å². The highest BCUT2D eigenvalue weighted by molar-refractivity contribution is 7.89. The molecule has 1 aromatic heterocycles. The maximum Gasteiger partial charge on any atom is 0.244 e. The SMILES string of the molecule is C[C@H](NS(=O)(=O)c1ccc(Cl)cc1)c1nc(-c2ccccc2)no1. The van der Waals surface area contributed by atoms with E-state index in [0.717, 1.165) is 5.56 Å². The Balaban J connectivity index is 1.79. The number of hydrogen-bond donors (Lipinski definition) is 1. The number of rotatable bonds is 5. The quantitative estimate of drug-likeness (QED) is 0.750. The van der Waals surface area contributed by atoms with Crippen LogP contribution in [0.5, 0.6) is 0 Å². The highest BCUT2D eigenvalue weighted by Gasteiger charge is 2.22. The Morgan fingerprint density at radius 3 is 2.42 bits per heavy atom. The van der Waals surface area contributed by atoms with Gasteiger partial charge in [-0.05, 0) is 31.2 Å². The van der Waals surface area contributed by atoms with E-state index < -0.39 is 16.1 Å². The van der Waals surface area contributed by atoms with Crippen molar-refractivity contribution >= 4 is 21.6 Å². The highest BCUT2D eigenvalue weighted by atomic mass is 35.5. The molecule has 1 atom stereocenters. The van der Waals surface area contributed by atoms with E-state index in [1.54, 1.807) is 6.92 Å². The summed E-state index contributed by atoms with van der Waals surface area (Å²) in [4.78, 5) is 4.36. The number of nitrogens with zero attached hydrogens (tertiary/aromatic N) is 2. The molecule has 0 aliphatic carbocycles. The third kappa shape index (κ3) is 3.64. The van der Waals surface area contributed by atoms with Crippen LogP contribution >= 0.6 is 11.6 Å². The van der Waals surface area contributed by atoms with Gasteiger partial charge >= 0.3 is 0 Å². The van der Waals surface area contributed by atoms with Crippen molar-refractivity contribution in [3.05, 3.63) is 65.5 Å². The van der Waals surface area contributed by atoms with Crippen LogP contribution < -0.4 is 4.72 Å². The molecule has 0 bridgehead atoms. The van der Waals surface area contributed by atoms with Crippen LogP contribution in [0.15, 0.2) is 64.0 Å². The normalized spacial score (nSPS) is 12.9. The summed E-state index contributed by atoms with van der Waals surface area (Å²) in [5, 5.41) is 4.35. The molecular formula is C16H14ClN3O3S. The summed E-state index contributed by atoms with van der Waals surface area (Å²) in [6, 6.07) is 14.5. The lowest BCUT2D eigenvalue weighted by Crippen LogP contribution is -2.27. The molecule has 6 nitrogen and oxygen atoms in total. The molecule has 0 saturated heterocycles. The summed E-state index contributed by atoms with van der Waals surface area (Å²) < 4.78 is 32.4. The van der Waals surface area contributed by atoms with Crippen LogP contribution in [-0.2, 0) is 10.0 Å². The van der Waals surface area contributed by atoms with E-state index in [0.29, 0.717) is 10.8 Å². The standard InChI is InChI=1S/C16H14ClN3O3S/c1-11(20-24(21,22)14-9-7-13(17)8-10-14)16-18-15(19-23-16)12-5-3-2-4-6-12/h2-11,20H,1H3/t11-/m0/s1. The second-order valence-corrected chi connectivity index (χ2v) is 7.27. The maximum atomic E-state index is 12.4. The van der Waals surface area contributed by atoms with Gasteiger partial charge in [0.2, 0.25) is 21.7 Å². The number of hydrogen-bond acceptors (Lipinski definition) is 5. The van der Waals surface area contributed by atoms with Crippen LogP contribution in [0.3, 0.4) is 0 Å². The minimum Gasteiger partial charge on any atom is -0.337 e. The molecule has 0 saturated carbocycles. The van der Waals surface area contributed by atoms with E-state index in [1.165, 1.54) is 24.3 Å².